The number of nitrogens with one attached hydrogen (secondary N) is 2. The minimum absolute atomic E-state index is 0.0980. The summed E-state index contributed by atoms with van der Waals surface area (Å²) >= 11 is 0. The van der Waals surface area contributed by atoms with Gasteiger partial charge >= 0.3 is 5.97 Å². The zero-order chi connectivity index (χ0) is 20.0. The number of carbonyl (C=O) groups is 3. The van der Waals surface area contributed by atoms with Crippen LogP contribution in [0.15, 0.2) is 18.2 Å². The van der Waals surface area contributed by atoms with E-state index in [0.717, 1.165) is 43.9 Å². The normalized spacial score (nSPS) is 15.4. The lowest BCUT2D eigenvalue weighted by Crippen LogP contribution is -2.47. The molecule has 0 aromatic heterocycles. The van der Waals surface area contributed by atoms with Crippen LogP contribution in [0, 0.1) is 17.6 Å². The van der Waals surface area contributed by atoms with E-state index in [2.05, 4.69) is 10.6 Å². The molecule has 0 unspecified atom stereocenters. The summed E-state index contributed by atoms with van der Waals surface area (Å²) in [6.07, 6.45) is 3.91. The lowest BCUT2D eigenvalue weighted by atomic mass is 10.0. The Bertz CT molecular complexity index is 683. The van der Waals surface area contributed by atoms with Gasteiger partial charge in [-0.3, -0.25) is 9.59 Å². The first kappa shape index (κ1) is 20.8. The Labute approximate surface area is 156 Å². The average Bonchev–Trinajstić information content (AvgIpc) is 3.10. The van der Waals surface area contributed by atoms with E-state index in [1.54, 1.807) is 13.8 Å². The van der Waals surface area contributed by atoms with E-state index in [1.165, 1.54) is 0 Å². The third kappa shape index (κ3) is 5.74. The van der Waals surface area contributed by atoms with Crippen molar-refractivity contribution in [2.45, 2.75) is 51.6 Å². The SMILES string of the molecule is CC(C)[C@H](NC(=O)c1c(F)cccc1F)C(=O)OCC(=O)NC1CCCC1. The second-order valence-corrected chi connectivity index (χ2v) is 6.95. The Balaban J connectivity index is 1.94. The molecular weight excluding hydrogens is 358 g/mol. The molecule has 1 fully saturated rings. The standard InChI is InChI=1S/C19H24F2N2O4/c1-11(2)17(23-18(25)16-13(20)8-5-9-14(16)21)19(26)27-10-15(24)22-12-6-3-4-7-12/h5,8-9,11-12,17H,3-4,6-7,10H2,1-2H3,(H,22,24)(H,23,25)/t17-/m0/s1. The molecule has 0 spiro atoms. The summed E-state index contributed by atoms with van der Waals surface area (Å²) in [4.78, 5) is 36.3. The van der Waals surface area contributed by atoms with Crippen LogP contribution in [0.1, 0.15) is 49.9 Å². The van der Waals surface area contributed by atoms with Crippen molar-refractivity contribution in [1.29, 1.82) is 0 Å². The molecular formula is C19H24F2N2O4. The van der Waals surface area contributed by atoms with Crippen LogP contribution in [0.2, 0.25) is 0 Å². The molecule has 2 N–H and O–H groups in total. The number of esters is 1. The molecule has 1 aromatic rings. The maximum atomic E-state index is 13.7. The summed E-state index contributed by atoms with van der Waals surface area (Å²) in [6, 6.07) is 2.00. The Hall–Kier alpha value is -2.51. The summed E-state index contributed by atoms with van der Waals surface area (Å²) < 4.78 is 32.4. The van der Waals surface area contributed by atoms with Gasteiger partial charge in [0.2, 0.25) is 0 Å². The molecule has 1 aliphatic rings. The highest BCUT2D eigenvalue weighted by Crippen LogP contribution is 2.17. The first-order valence-electron chi connectivity index (χ1n) is 9.00. The van der Waals surface area contributed by atoms with Crippen molar-refractivity contribution in [2.24, 2.45) is 5.92 Å². The quantitative estimate of drug-likeness (QED) is 0.709. The van der Waals surface area contributed by atoms with Gasteiger partial charge in [0.05, 0.1) is 0 Å². The molecule has 0 bridgehead atoms. The van der Waals surface area contributed by atoms with Gasteiger partial charge < -0.3 is 15.4 Å². The number of ether oxygens (including phenoxy) is 1. The van der Waals surface area contributed by atoms with Crippen LogP contribution in [-0.4, -0.2) is 36.5 Å². The molecule has 0 saturated heterocycles. The van der Waals surface area contributed by atoms with E-state index >= 15 is 0 Å². The maximum Gasteiger partial charge on any atom is 0.329 e. The summed E-state index contributed by atoms with van der Waals surface area (Å²) in [5.41, 5.74) is -0.769. The molecule has 0 radical (unpaired) electrons. The first-order valence-corrected chi connectivity index (χ1v) is 9.00. The van der Waals surface area contributed by atoms with Gasteiger partial charge in [0.25, 0.3) is 11.8 Å². The van der Waals surface area contributed by atoms with Crippen molar-refractivity contribution in [3.8, 4) is 0 Å². The second kappa shape index (κ2) is 9.43. The van der Waals surface area contributed by atoms with Gasteiger partial charge in [-0.1, -0.05) is 32.8 Å². The fourth-order valence-electron chi connectivity index (χ4n) is 2.99. The zero-order valence-corrected chi connectivity index (χ0v) is 15.4. The molecule has 148 valence electrons. The van der Waals surface area contributed by atoms with E-state index in [0.29, 0.717) is 0 Å². The van der Waals surface area contributed by atoms with E-state index in [1.807, 2.05) is 0 Å². The minimum Gasteiger partial charge on any atom is -0.454 e. The van der Waals surface area contributed by atoms with Crippen LogP contribution in [-0.2, 0) is 14.3 Å². The lowest BCUT2D eigenvalue weighted by molar-refractivity contribution is -0.151. The number of hydrogen-bond acceptors (Lipinski definition) is 4. The minimum atomic E-state index is -1.14. The molecule has 6 nitrogen and oxygen atoms in total. The maximum absolute atomic E-state index is 13.7. The zero-order valence-electron chi connectivity index (χ0n) is 15.4. The van der Waals surface area contributed by atoms with Crippen molar-refractivity contribution >= 4 is 17.8 Å². The molecule has 8 heteroatoms. The van der Waals surface area contributed by atoms with Crippen LogP contribution in [0.3, 0.4) is 0 Å². The van der Waals surface area contributed by atoms with E-state index in [4.69, 9.17) is 4.74 Å². The van der Waals surface area contributed by atoms with Crippen LogP contribution >= 0.6 is 0 Å². The van der Waals surface area contributed by atoms with Gasteiger partial charge in [0.1, 0.15) is 23.2 Å². The van der Waals surface area contributed by atoms with Crippen molar-refractivity contribution in [2.75, 3.05) is 6.61 Å². The van der Waals surface area contributed by atoms with E-state index in [9.17, 15) is 23.2 Å². The predicted octanol–water partition coefficient (Wildman–Crippen LogP) is 2.32. The molecule has 1 saturated carbocycles. The first-order chi connectivity index (χ1) is 12.8. The van der Waals surface area contributed by atoms with Crippen LogP contribution in [0.25, 0.3) is 0 Å². The lowest BCUT2D eigenvalue weighted by Gasteiger charge is -2.21. The molecule has 1 aliphatic carbocycles. The number of rotatable bonds is 7. The van der Waals surface area contributed by atoms with Gasteiger partial charge in [-0.2, -0.15) is 0 Å². The summed E-state index contributed by atoms with van der Waals surface area (Å²) in [6.45, 7) is 2.81. The van der Waals surface area contributed by atoms with Crippen LogP contribution in [0.4, 0.5) is 8.78 Å². The van der Waals surface area contributed by atoms with E-state index < -0.39 is 53.5 Å². The number of benzene rings is 1. The van der Waals surface area contributed by atoms with E-state index in [-0.39, 0.29) is 6.04 Å². The third-order valence-electron chi connectivity index (χ3n) is 4.46. The van der Waals surface area contributed by atoms with Gasteiger partial charge in [-0.15, -0.1) is 0 Å². The molecule has 1 atom stereocenters. The van der Waals surface area contributed by atoms with Crippen molar-refractivity contribution in [1.82, 2.24) is 10.6 Å². The largest absolute Gasteiger partial charge is 0.454 e. The van der Waals surface area contributed by atoms with Gasteiger partial charge in [-0.25, -0.2) is 13.6 Å². The number of amides is 2. The van der Waals surface area contributed by atoms with Crippen LogP contribution in [0.5, 0.6) is 0 Å². The molecule has 27 heavy (non-hydrogen) atoms. The van der Waals surface area contributed by atoms with Crippen LogP contribution < -0.4 is 10.6 Å². The number of carbonyl (C=O) groups excluding carboxylic acids is 3. The number of hydrogen-bond donors (Lipinski definition) is 2. The topological polar surface area (TPSA) is 84.5 Å². The summed E-state index contributed by atoms with van der Waals surface area (Å²) in [5, 5.41) is 5.07. The fourth-order valence-corrected chi connectivity index (χ4v) is 2.99. The monoisotopic (exact) mass is 382 g/mol. The number of halogens is 2. The molecule has 2 rings (SSSR count). The molecule has 1 aromatic carbocycles. The Morgan fingerprint density at radius 1 is 1.15 bits per heavy atom. The third-order valence-corrected chi connectivity index (χ3v) is 4.46. The highest BCUT2D eigenvalue weighted by molar-refractivity contribution is 5.97. The smallest absolute Gasteiger partial charge is 0.329 e. The Kier molecular flexibility index (Phi) is 7.27. The molecule has 0 heterocycles. The Morgan fingerprint density at radius 2 is 1.74 bits per heavy atom. The van der Waals surface area contributed by atoms with Crippen molar-refractivity contribution in [3.63, 3.8) is 0 Å². The highest BCUT2D eigenvalue weighted by Gasteiger charge is 2.29. The van der Waals surface area contributed by atoms with Gasteiger partial charge in [0, 0.05) is 6.04 Å². The second-order valence-electron chi connectivity index (χ2n) is 6.95. The Morgan fingerprint density at radius 3 is 2.30 bits per heavy atom. The fraction of sp³-hybridized carbons (Fsp3) is 0.526. The van der Waals surface area contributed by atoms with Gasteiger partial charge in [0.15, 0.2) is 6.61 Å². The summed E-state index contributed by atoms with van der Waals surface area (Å²) in [7, 11) is 0. The highest BCUT2D eigenvalue weighted by atomic mass is 19.1. The summed E-state index contributed by atoms with van der Waals surface area (Å²) in [5.74, 6) is -4.77. The predicted molar refractivity (Wildman–Crippen MR) is 93.8 cm³/mol. The van der Waals surface area contributed by atoms with Gasteiger partial charge in [-0.05, 0) is 30.9 Å². The average molecular weight is 382 g/mol. The molecule has 0 aliphatic heterocycles. The van der Waals surface area contributed by atoms with Crippen molar-refractivity contribution < 1.29 is 27.9 Å². The molecule has 2 amide bonds. The van der Waals surface area contributed by atoms with Crippen molar-refractivity contribution in [3.05, 3.63) is 35.4 Å².